The third kappa shape index (κ3) is 3.26. The maximum absolute atomic E-state index is 12.6. The Labute approximate surface area is 138 Å². The number of hydrogen-bond donors (Lipinski definition) is 0. The predicted molar refractivity (Wildman–Crippen MR) is 94.4 cm³/mol. The van der Waals surface area contributed by atoms with Crippen molar-refractivity contribution in [3.05, 3.63) is 28.7 Å². The Kier molecular flexibility index (Phi) is 5.29. The highest BCUT2D eigenvalue weighted by Gasteiger charge is 2.28. The maximum Gasteiger partial charge on any atom is 0.304 e. The third-order valence-corrected chi connectivity index (χ3v) is 7.42. The molecule has 0 radical (unpaired) electrons. The average Bonchev–Trinajstić information content (AvgIpc) is 2.77. The summed E-state index contributed by atoms with van der Waals surface area (Å²) in [5.74, 6) is 0. The van der Waals surface area contributed by atoms with Gasteiger partial charge in [0.25, 0.3) is 0 Å². The van der Waals surface area contributed by atoms with Crippen LogP contribution in [-0.2, 0) is 10.2 Å². The molecule has 0 atom stereocenters. The number of anilines is 1. The van der Waals surface area contributed by atoms with Crippen LogP contribution in [0.25, 0.3) is 10.1 Å². The zero-order valence-corrected chi connectivity index (χ0v) is 15.6. The van der Waals surface area contributed by atoms with Gasteiger partial charge in [-0.1, -0.05) is 31.5 Å². The minimum absolute atomic E-state index is 0.489. The van der Waals surface area contributed by atoms with E-state index in [4.69, 9.17) is 0 Å². The van der Waals surface area contributed by atoms with Crippen LogP contribution >= 0.6 is 27.3 Å². The lowest BCUT2D eigenvalue weighted by molar-refractivity contribution is 0.514. The molecule has 4 nitrogen and oxygen atoms in total. The van der Waals surface area contributed by atoms with Crippen molar-refractivity contribution in [2.45, 2.75) is 19.8 Å². The topological polar surface area (TPSA) is 40.6 Å². The minimum Gasteiger partial charge on any atom is -0.247 e. The van der Waals surface area contributed by atoms with Crippen molar-refractivity contribution >= 4 is 52.6 Å². The molecule has 0 saturated heterocycles. The van der Waals surface area contributed by atoms with E-state index in [2.05, 4.69) is 22.9 Å². The number of hydrogen-bond acceptors (Lipinski definition) is 3. The standard InChI is InChI=1S/C14H19BrN2O2S2/c1-4-5-10-17(21(18,19)16(2)3)14-13(15)11-8-6-7-9-12(11)20-14/h6-9H,4-5,10H2,1-3H3. The first-order chi connectivity index (χ1) is 9.89. The molecule has 0 saturated carbocycles. The zero-order chi connectivity index (χ0) is 15.6. The molecule has 0 unspecified atom stereocenters. The van der Waals surface area contributed by atoms with E-state index < -0.39 is 10.2 Å². The molecule has 0 fully saturated rings. The number of rotatable bonds is 6. The molecule has 2 aromatic rings. The van der Waals surface area contributed by atoms with Gasteiger partial charge in [-0.25, -0.2) is 4.31 Å². The Morgan fingerprint density at radius 3 is 2.48 bits per heavy atom. The van der Waals surface area contributed by atoms with Crippen LogP contribution in [0.3, 0.4) is 0 Å². The van der Waals surface area contributed by atoms with E-state index in [1.54, 1.807) is 14.1 Å². The first-order valence-electron chi connectivity index (χ1n) is 6.76. The SMILES string of the molecule is CCCCN(c1sc2ccccc2c1Br)S(=O)(=O)N(C)C. The van der Waals surface area contributed by atoms with Gasteiger partial charge in [0.05, 0.1) is 4.47 Å². The normalized spacial score (nSPS) is 12.2. The summed E-state index contributed by atoms with van der Waals surface area (Å²) in [5, 5.41) is 1.80. The molecule has 0 bridgehead atoms. The second-order valence-corrected chi connectivity index (χ2v) is 8.82. The number of halogens is 1. The van der Waals surface area contributed by atoms with Crippen molar-refractivity contribution in [2.24, 2.45) is 0 Å². The maximum atomic E-state index is 12.6. The summed E-state index contributed by atoms with van der Waals surface area (Å²) in [4.78, 5) is 0. The third-order valence-electron chi connectivity index (χ3n) is 3.20. The quantitative estimate of drug-likeness (QED) is 0.745. The summed E-state index contributed by atoms with van der Waals surface area (Å²) in [6, 6.07) is 7.93. The molecule has 0 aliphatic carbocycles. The number of benzene rings is 1. The van der Waals surface area contributed by atoms with E-state index >= 15 is 0 Å². The second kappa shape index (κ2) is 6.64. The summed E-state index contributed by atoms with van der Waals surface area (Å²) in [6.07, 6.45) is 1.77. The van der Waals surface area contributed by atoms with Crippen LogP contribution in [0, 0.1) is 0 Å². The number of nitrogens with zero attached hydrogens (tertiary/aromatic N) is 2. The summed E-state index contributed by atoms with van der Waals surface area (Å²) in [6.45, 7) is 2.54. The lowest BCUT2D eigenvalue weighted by Crippen LogP contribution is -2.40. The molecule has 0 N–H and O–H groups in total. The first-order valence-corrected chi connectivity index (χ1v) is 9.77. The molecule has 1 aromatic heterocycles. The van der Waals surface area contributed by atoms with Crippen LogP contribution < -0.4 is 4.31 Å². The van der Waals surface area contributed by atoms with Crippen LogP contribution in [0.1, 0.15) is 19.8 Å². The molecule has 0 amide bonds. The van der Waals surface area contributed by atoms with Crippen molar-refractivity contribution in [3.63, 3.8) is 0 Å². The van der Waals surface area contributed by atoms with Crippen molar-refractivity contribution in [1.29, 1.82) is 0 Å². The van der Waals surface area contributed by atoms with Crippen molar-refractivity contribution in [3.8, 4) is 0 Å². The Balaban J connectivity index is 2.56. The molecule has 7 heteroatoms. The van der Waals surface area contributed by atoms with Crippen LogP contribution in [-0.4, -0.2) is 33.4 Å². The highest BCUT2D eigenvalue weighted by molar-refractivity contribution is 9.10. The van der Waals surface area contributed by atoms with Gasteiger partial charge in [-0.15, -0.1) is 11.3 Å². The van der Waals surface area contributed by atoms with Crippen molar-refractivity contribution in [2.75, 3.05) is 24.9 Å². The largest absolute Gasteiger partial charge is 0.304 e. The summed E-state index contributed by atoms with van der Waals surface area (Å²) < 4.78 is 29.9. The van der Waals surface area contributed by atoms with Gasteiger partial charge in [0.1, 0.15) is 5.00 Å². The van der Waals surface area contributed by atoms with E-state index in [0.29, 0.717) is 6.54 Å². The van der Waals surface area contributed by atoms with Gasteiger partial charge < -0.3 is 0 Å². The minimum atomic E-state index is -3.49. The van der Waals surface area contributed by atoms with Gasteiger partial charge in [0.15, 0.2) is 0 Å². The average molecular weight is 391 g/mol. The molecular formula is C14H19BrN2O2S2. The van der Waals surface area contributed by atoms with Crippen LogP contribution in [0.5, 0.6) is 0 Å². The lowest BCUT2D eigenvalue weighted by atomic mass is 10.3. The molecule has 2 rings (SSSR count). The first kappa shape index (κ1) is 16.7. The fourth-order valence-electron chi connectivity index (χ4n) is 1.98. The zero-order valence-electron chi connectivity index (χ0n) is 12.3. The lowest BCUT2D eigenvalue weighted by Gasteiger charge is -2.26. The van der Waals surface area contributed by atoms with Crippen LogP contribution in [0.15, 0.2) is 28.7 Å². The highest BCUT2D eigenvalue weighted by Crippen LogP contribution is 2.43. The number of fused-ring (bicyclic) bond motifs is 1. The summed E-state index contributed by atoms with van der Waals surface area (Å²) in [7, 11) is -0.357. The van der Waals surface area contributed by atoms with Gasteiger partial charge >= 0.3 is 10.2 Å². The van der Waals surface area contributed by atoms with Crippen molar-refractivity contribution in [1.82, 2.24) is 4.31 Å². The number of unbranched alkanes of at least 4 members (excludes halogenated alkanes) is 1. The molecular weight excluding hydrogens is 372 g/mol. The van der Waals surface area contributed by atoms with Gasteiger partial charge in [-0.2, -0.15) is 12.7 Å². The summed E-state index contributed by atoms with van der Waals surface area (Å²) >= 11 is 5.07. The molecule has 0 spiro atoms. The molecule has 1 heterocycles. The second-order valence-electron chi connectivity index (χ2n) is 4.93. The van der Waals surface area contributed by atoms with Gasteiger partial charge in [-0.3, -0.25) is 0 Å². The Morgan fingerprint density at radius 2 is 1.90 bits per heavy atom. The van der Waals surface area contributed by atoms with Crippen molar-refractivity contribution < 1.29 is 8.42 Å². The fourth-order valence-corrected chi connectivity index (χ4v) is 5.51. The van der Waals surface area contributed by atoms with Gasteiger partial charge in [0, 0.05) is 30.7 Å². The Morgan fingerprint density at radius 1 is 1.24 bits per heavy atom. The molecule has 1 aromatic carbocycles. The highest BCUT2D eigenvalue weighted by atomic mass is 79.9. The van der Waals surface area contributed by atoms with Crippen LogP contribution in [0.4, 0.5) is 5.00 Å². The van der Waals surface area contributed by atoms with E-state index in [0.717, 1.165) is 32.4 Å². The smallest absolute Gasteiger partial charge is 0.247 e. The molecule has 21 heavy (non-hydrogen) atoms. The van der Waals surface area contributed by atoms with E-state index in [1.807, 2.05) is 24.3 Å². The monoisotopic (exact) mass is 390 g/mol. The fraction of sp³-hybridized carbons (Fsp3) is 0.429. The van der Waals surface area contributed by atoms with Gasteiger partial charge in [0.2, 0.25) is 0 Å². The Hall–Kier alpha value is -0.630. The molecule has 0 aliphatic heterocycles. The predicted octanol–water partition coefficient (Wildman–Crippen LogP) is 4.08. The van der Waals surface area contributed by atoms with E-state index in [1.165, 1.54) is 19.9 Å². The van der Waals surface area contributed by atoms with Crippen LogP contribution in [0.2, 0.25) is 0 Å². The van der Waals surface area contributed by atoms with E-state index in [-0.39, 0.29) is 0 Å². The molecule has 0 aliphatic rings. The number of thiophene rings is 1. The van der Waals surface area contributed by atoms with E-state index in [9.17, 15) is 8.42 Å². The summed E-state index contributed by atoms with van der Waals surface area (Å²) in [5.41, 5.74) is 0. The Bertz CT molecular complexity index is 726. The molecule has 116 valence electrons. The van der Waals surface area contributed by atoms with Gasteiger partial charge in [-0.05, 0) is 28.4 Å².